The normalized spacial score (nSPS) is 19.2. The van der Waals surface area contributed by atoms with Crippen LogP contribution in [0.15, 0.2) is 29.2 Å². The Morgan fingerprint density at radius 3 is 2.83 bits per heavy atom. The lowest BCUT2D eigenvalue weighted by atomic mass is 10.0. The van der Waals surface area contributed by atoms with Crippen molar-refractivity contribution in [2.45, 2.75) is 37.5 Å². The summed E-state index contributed by atoms with van der Waals surface area (Å²) in [4.78, 5) is 14.8. The number of piperidine rings is 1. The number of carbonyl (C=O) groups excluding carboxylic acids is 1. The number of nitrogens with zero attached hydrogens (tertiary/aromatic N) is 1. The first-order valence-electron chi connectivity index (χ1n) is 8.67. The van der Waals surface area contributed by atoms with E-state index in [0.717, 1.165) is 31.6 Å². The molecule has 1 unspecified atom stereocenters. The molecule has 0 aromatic heterocycles. The fourth-order valence-corrected chi connectivity index (χ4v) is 3.79. The second-order valence-corrected chi connectivity index (χ2v) is 8.83. The first-order valence-corrected chi connectivity index (χ1v) is 10.6. The number of hydrogen-bond acceptors (Lipinski definition) is 4. The Bertz CT molecular complexity index is 658. The van der Waals surface area contributed by atoms with E-state index in [4.69, 9.17) is 0 Å². The molecule has 134 valence electrons. The van der Waals surface area contributed by atoms with Gasteiger partial charge in [-0.05, 0) is 62.9 Å². The van der Waals surface area contributed by atoms with E-state index in [1.165, 1.54) is 38.1 Å². The Kier molecular flexibility index (Phi) is 6.80. The van der Waals surface area contributed by atoms with Crippen molar-refractivity contribution in [3.8, 4) is 0 Å². The van der Waals surface area contributed by atoms with E-state index >= 15 is 0 Å². The molecule has 1 aliphatic rings. The van der Waals surface area contributed by atoms with Gasteiger partial charge in [0.1, 0.15) is 0 Å². The molecular weight excluding hydrogens is 324 g/mol. The van der Waals surface area contributed by atoms with Crippen LogP contribution in [0.25, 0.3) is 0 Å². The summed E-state index contributed by atoms with van der Waals surface area (Å²) in [6, 6.07) is 6.17. The highest BCUT2D eigenvalue weighted by molar-refractivity contribution is 7.90. The van der Waals surface area contributed by atoms with Crippen LogP contribution in [0.4, 0.5) is 0 Å². The highest BCUT2D eigenvalue weighted by Crippen LogP contribution is 2.15. The molecule has 5 nitrogen and oxygen atoms in total. The first kappa shape index (κ1) is 18.9. The molecule has 0 saturated carbocycles. The maximum Gasteiger partial charge on any atom is 0.251 e. The van der Waals surface area contributed by atoms with Crippen LogP contribution in [0.2, 0.25) is 0 Å². The largest absolute Gasteiger partial charge is 0.352 e. The van der Waals surface area contributed by atoms with Crippen LogP contribution >= 0.6 is 0 Å². The second kappa shape index (κ2) is 8.62. The standard InChI is InChI=1S/C18H28N2O3S/c1-15-7-6-12-20(14-15)11-4-3-10-19-18(21)16-8-5-9-17(13-16)24(2,22)23/h5,8-9,13,15H,3-4,6-7,10-12,14H2,1-2H3,(H,19,21). The first-order chi connectivity index (χ1) is 11.4. The maximum atomic E-state index is 12.1. The quantitative estimate of drug-likeness (QED) is 0.765. The smallest absolute Gasteiger partial charge is 0.251 e. The Hall–Kier alpha value is -1.40. The molecule has 1 aliphatic heterocycles. The topological polar surface area (TPSA) is 66.5 Å². The van der Waals surface area contributed by atoms with E-state index < -0.39 is 9.84 Å². The van der Waals surface area contributed by atoms with Gasteiger partial charge in [-0.15, -0.1) is 0 Å². The number of carbonyl (C=O) groups is 1. The molecular formula is C18H28N2O3S. The molecule has 1 heterocycles. The average molecular weight is 353 g/mol. The van der Waals surface area contributed by atoms with Crippen LogP contribution in [-0.2, 0) is 9.84 Å². The van der Waals surface area contributed by atoms with Crippen molar-refractivity contribution < 1.29 is 13.2 Å². The molecule has 0 radical (unpaired) electrons. The van der Waals surface area contributed by atoms with Gasteiger partial charge in [-0.25, -0.2) is 8.42 Å². The molecule has 1 atom stereocenters. The van der Waals surface area contributed by atoms with E-state index in [2.05, 4.69) is 17.1 Å². The minimum atomic E-state index is -3.29. The van der Waals surface area contributed by atoms with Gasteiger partial charge in [0, 0.05) is 24.9 Å². The highest BCUT2D eigenvalue weighted by Gasteiger charge is 2.15. The van der Waals surface area contributed by atoms with Crippen LogP contribution in [-0.4, -0.2) is 51.7 Å². The molecule has 1 fully saturated rings. The van der Waals surface area contributed by atoms with Gasteiger partial charge in [0.05, 0.1) is 4.90 Å². The monoisotopic (exact) mass is 352 g/mol. The zero-order valence-corrected chi connectivity index (χ0v) is 15.4. The highest BCUT2D eigenvalue weighted by atomic mass is 32.2. The SMILES string of the molecule is CC1CCCN(CCCCNC(=O)c2cccc(S(C)(=O)=O)c2)C1. The van der Waals surface area contributed by atoms with E-state index in [0.29, 0.717) is 12.1 Å². The third-order valence-corrected chi connectivity index (χ3v) is 5.56. The fraction of sp³-hybridized carbons (Fsp3) is 0.611. The summed E-state index contributed by atoms with van der Waals surface area (Å²) in [5.41, 5.74) is 0.391. The predicted molar refractivity (Wildman–Crippen MR) is 96.0 cm³/mol. The second-order valence-electron chi connectivity index (χ2n) is 6.81. The number of unbranched alkanes of at least 4 members (excludes halogenated alkanes) is 1. The molecule has 0 bridgehead atoms. The average Bonchev–Trinajstić information content (AvgIpc) is 2.54. The molecule has 24 heavy (non-hydrogen) atoms. The van der Waals surface area contributed by atoms with Gasteiger partial charge in [-0.3, -0.25) is 4.79 Å². The molecule has 1 saturated heterocycles. The Morgan fingerprint density at radius 1 is 1.33 bits per heavy atom. The lowest BCUT2D eigenvalue weighted by Crippen LogP contribution is -2.35. The summed E-state index contributed by atoms with van der Waals surface area (Å²) in [6.07, 6.45) is 5.76. The Balaban J connectivity index is 1.72. The van der Waals surface area contributed by atoms with Crippen molar-refractivity contribution in [3.63, 3.8) is 0 Å². The van der Waals surface area contributed by atoms with Crippen molar-refractivity contribution in [1.29, 1.82) is 0 Å². The molecule has 6 heteroatoms. The van der Waals surface area contributed by atoms with Crippen molar-refractivity contribution >= 4 is 15.7 Å². The van der Waals surface area contributed by atoms with Gasteiger partial charge in [-0.1, -0.05) is 13.0 Å². The fourth-order valence-electron chi connectivity index (χ4n) is 3.12. The van der Waals surface area contributed by atoms with Crippen LogP contribution in [0.3, 0.4) is 0 Å². The van der Waals surface area contributed by atoms with Gasteiger partial charge in [0.15, 0.2) is 9.84 Å². The van der Waals surface area contributed by atoms with Crippen molar-refractivity contribution in [2.24, 2.45) is 5.92 Å². The van der Waals surface area contributed by atoms with Gasteiger partial charge in [-0.2, -0.15) is 0 Å². The van der Waals surface area contributed by atoms with E-state index in [1.54, 1.807) is 12.1 Å². The number of amides is 1. The zero-order valence-electron chi connectivity index (χ0n) is 14.6. The van der Waals surface area contributed by atoms with Crippen LogP contribution < -0.4 is 5.32 Å². The van der Waals surface area contributed by atoms with Gasteiger partial charge in [0.25, 0.3) is 5.91 Å². The number of benzene rings is 1. The van der Waals surface area contributed by atoms with E-state index in [-0.39, 0.29) is 10.8 Å². The summed E-state index contributed by atoms with van der Waals surface area (Å²) < 4.78 is 23.1. The maximum absolute atomic E-state index is 12.1. The molecule has 1 N–H and O–H groups in total. The molecule has 0 aliphatic carbocycles. The number of nitrogens with one attached hydrogen (secondary N) is 1. The molecule has 2 rings (SSSR count). The van der Waals surface area contributed by atoms with E-state index in [9.17, 15) is 13.2 Å². The summed E-state index contributed by atoms with van der Waals surface area (Å²) in [7, 11) is -3.29. The Morgan fingerprint density at radius 2 is 2.12 bits per heavy atom. The number of sulfone groups is 1. The third-order valence-electron chi connectivity index (χ3n) is 4.45. The zero-order chi connectivity index (χ0) is 17.6. The van der Waals surface area contributed by atoms with Gasteiger partial charge in [0.2, 0.25) is 0 Å². The van der Waals surface area contributed by atoms with Crippen molar-refractivity contribution in [3.05, 3.63) is 29.8 Å². The lowest BCUT2D eigenvalue weighted by Gasteiger charge is -2.30. The van der Waals surface area contributed by atoms with Gasteiger partial charge < -0.3 is 10.2 Å². The van der Waals surface area contributed by atoms with Crippen molar-refractivity contribution in [2.75, 3.05) is 32.4 Å². The molecule has 1 aromatic carbocycles. The van der Waals surface area contributed by atoms with Crippen LogP contribution in [0.1, 0.15) is 43.0 Å². The Labute approximate surface area is 145 Å². The van der Waals surface area contributed by atoms with Crippen LogP contribution in [0.5, 0.6) is 0 Å². The summed E-state index contributed by atoms with van der Waals surface area (Å²) >= 11 is 0. The number of hydrogen-bond donors (Lipinski definition) is 1. The minimum Gasteiger partial charge on any atom is -0.352 e. The number of rotatable bonds is 7. The lowest BCUT2D eigenvalue weighted by molar-refractivity contribution is 0.0952. The molecule has 1 aromatic rings. The summed E-state index contributed by atoms with van der Waals surface area (Å²) in [5, 5.41) is 2.87. The van der Waals surface area contributed by atoms with Crippen molar-refractivity contribution in [1.82, 2.24) is 10.2 Å². The van der Waals surface area contributed by atoms with Crippen LogP contribution in [0, 0.1) is 5.92 Å². The van der Waals surface area contributed by atoms with Gasteiger partial charge >= 0.3 is 0 Å². The summed E-state index contributed by atoms with van der Waals surface area (Å²) in [6.45, 7) is 6.38. The van der Waals surface area contributed by atoms with E-state index in [1.807, 2.05) is 0 Å². The minimum absolute atomic E-state index is 0.175. The third kappa shape index (κ3) is 5.91. The molecule has 1 amide bonds. The predicted octanol–water partition coefficient (Wildman–Crippen LogP) is 2.33. The molecule has 0 spiro atoms. The summed E-state index contributed by atoms with van der Waals surface area (Å²) in [5.74, 6) is 0.577. The number of likely N-dealkylation sites (tertiary alicyclic amines) is 1.